The van der Waals surface area contributed by atoms with Gasteiger partial charge in [0, 0.05) is 29.4 Å². The number of aryl methyl sites for hydroxylation is 1. The van der Waals surface area contributed by atoms with Crippen molar-refractivity contribution in [3.63, 3.8) is 0 Å². The van der Waals surface area contributed by atoms with Gasteiger partial charge in [-0.1, -0.05) is 0 Å². The quantitative estimate of drug-likeness (QED) is 0.645. The molecule has 0 saturated carbocycles. The molecule has 0 bridgehead atoms. The van der Waals surface area contributed by atoms with Crippen LogP contribution >= 0.6 is 0 Å². The Labute approximate surface area is 82.6 Å². The number of aliphatic hydroxyl groups excluding tert-OH is 1. The number of aromatic nitrogens is 1. The molecule has 0 atom stereocenters. The minimum Gasteiger partial charge on any atom is -0.399 e. The fraction of sp³-hybridized carbons (Fsp3) is 0.273. The zero-order chi connectivity index (χ0) is 9.97. The third-order valence-corrected chi connectivity index (χ3v) is 2.40. The number of aliphatic hydroxyl groups is 1. The third-order valence-electron chi connectivity index (χ3n) is 2.40. The number of nitrogens with one attached hydrogen (secondary N) is 1. The van der Waals surface area contributed by atoms with E-state index in [0.29, 0.717) is 0 Å². The molecule has 2 rings (SSSR count). The molecule has 3 nitrogen and oxygen atoms in total. The molecule has 1 heterocycles. The molecule has 1 aromatic carbocycles. The van der Waals surface area contributed by atoms with Crippen LogP contribution in [0.4, 0.5) is 5.69 Å². The summed E-state index contributed by atoms with van der Waals surface area (Å²) in [6.45, 7) is 0.231. The fourth-order valence-corrected chi connectivity index (χ4v) is 1.67. The summed E-state index contributed by atoms with van der Waals surface area (Å²) < 4.78 is 0. The van der Waals surface area contributed by atoms with E-state index < -0.39 is 0 Å². The molecule has 74 valence electrons. The van der Waals surface area contributed by atoms with Crippen molar-refractivity contribution in [2.24, 2.45) is 0 Å². The zero-order valence-corrected chi connectivity index (χ0v) is 7.96. The molecule has 2 aromatic rings. The van der Waals surface area contributed by atoms with Crippen LogP contribution in [0.3, 0.4) is 0 Å². The van der Waals surface area contributed by atoms with Crippen molar-refractivity contribution in [3.05, 3.63) is 30.0 Å². The van der Waals surface area contributed by atoms with Crippen molar-refractivity contribution < 1.29 is 5.11 Å². The molecular formula is C11H14N2O. The van der Waals surface area contributed by atoms with E-state index in [9.17, 15) is 0 Å². The highest BCUT2D eigenvalue weighted by Crippen LogP contribution is 2.21. The van der Waals surface area contributed by atoms with Crippen LogP contribution in [0.2, 0.25) is 0 Å². The predicted octanol–water partition coefficient (Wildman–Crippen LogP) is 1.67. The molecule has 0 amide bonds. The Balaban J connectivity index is 2.40. The van der Waals surface area contributed by atoms with E-state index in [1.165, 1.54) is 10.9 Å². The number of hydrogen-bond acceptors (Lipinski definition) is 2. The van der Waals surface area contributed by atoms with Crippen molar-refractivity contribution in [1.82, 2.24) is 4.98 Å². The van der Waals surface area contributed by atoms with Gasteiger partial charge in [-0.05, 0) is 36.6 Å². The molecule has 1 aromatic heterocycles. The van der Waals surface area contributed by atoms with Crippen LogP contribution in [0.15, 0.2) is 24.4 Å². The maximum absolute atomic E-state index is 8.76. The highest BCUT2D eigenvalue weighted by molar-refractivity contribution is 5.86. The number of aromatic amines is 1. The number of anilines is 1. The predicted molar refractivity (Wildman–Crippen MR) is 58.1 cm³/mol. The Morgan fingerprint density at radius 1 is 1.36 bits per heavy atom. The highest BCUT2D eigenvalue weighted by atomic mass is 16.2. The van der Waals surface area contributed by atoms with Crippen LogP contribution in [0.1, 0.15) is 12.0 Å². The fourth-order valence-electron chi connectivity index (χ4n) is 1.67. The van der Waals surface area contributed by atoms with E-state index in [4.69, 9.17) is 10.8 Å². The normalized spacial score (nSPS) is 10.9. The Morgan fingerprint density at radius 3 is 3.00 bits per heavy atom. The van der Waals surface area contributed by atoms with Crippen molar-refractivity contribution in [2.45, 2.75) is 12.8 Å². The topological polar surface area (TPSA) is 62.0 Å². The molecule has 0 fully saturated rings. The minimum absolute atomic E-state index is 0.231. The van der Waals surface area contributed by atoms with Gasteiger partial charge < -0.3 is 15.8 Å². The Morgan fingerprint density at radius 2 is 2.21 bits per heavy atom. The molecule has 0 saturated heterocycles. The SMILES string of the molecule is Nc1ccc2[nH]cc(CCCO)c2c1. The van der Waals surface area contributed by atoms with E-state index in [2.05, 4.69) is 4.98 Å². The van der Waals surface area contributed by atoms with E-state index in [-0.39, 0.29) is 6.61 Å². The van der Waals surface area contributed by atoms with Gasteiger partial charge in [-0.25, -0.2) is 0 Å². The molecule has 0 aliphatic heterocycles. The van der Waals surface area contributed by atoms with Crippen molar-refractivity contribution in [2.75, 3.05) is 12.3 Å². The first-order valence-electron chi connectivity index (χ1n) is 4.77. The number of nitrogens with two attached hydrogens (primary N) is 1. The lowest BCUT2D eigenvalue weighted by molar-refractivity contribution is 0.289. The molecule has 0 aliphatic rings. The monoisotopic (exact) mass is 190 g/mol. The van der Waals surface area contributed by atoms with E-state index in [0.717, 1.165) is 24.0 Å². The number of rotatable bonds is 3. The summed E-state index contributed by atoms with van der Waals surface area (Å²) in [4.78, 5) is 3.19. The van der Waals surface area contributed by atoms with E-state index >= 15 is 0 Å². The number of H-pyrrole nitrogens is 1. The maximum Gasteiger partial charge on any atom is 0.0458 e. The Kier molecular flexibility index (Phi) is 2.41. The van der Waals surface area contributed by atoms with Gasteiger partial charge in [-0.15, -0.1) is 0 Å². The summed E-state index contributed by atoms with van der Waals surface area (Å²) >= 11 is 0. The molecule has 4 N–H and O–H groups in total. The standard InChI is InChI=1S/C11H14N2O/c12-9-3-4-11-10(6-9)8(7-13-11)2-1-5-14/h3-4,6-7,13-14H,1-2,5,12H2. The van der Waals surface area contributed by atoms with Crippen LogP contribution in [0, 0.1) is 0 Å². The number of nitrogen functional groups attached to an aromatic ring is 1. The Hall–Kier alpha value is -1.48. The van der Waals surface area contributed by atoms with Gasteiger partial charge in [0.25, 0.3) is 0 Å². The number of fused-ring (bicyclic) bond motifs is 1. The minimum atomic E-state index is 0.231. The first-order chi connectivity index (χ1) is 6.81. The van der Waals surface area contributed by atoms with Crippen LogP contribution in [0.5, 0.6) is 0 Å². The van der Waals surface area contributed by atoms with Crippen LogP contribution in [0.25, 0.3) is 10.9 Å². The molecule has 3 heteroatoms. The lowest BCUT2D eigenvalue weighted by Crippen LogP contribution is -1.88. The van der Waals surface area contributed by atoms with Crippen molar-refractivity contribution in [1.29, 1.82) is 0 Å². The van der Waals surface area contributed by atoms with Crippen LogP contribution < -0.4 is 5.73 Å². The van der Waals surface area contributed by atoms with Gasteiger partial charge >= 0.3 is 0 Å². The Bertz CT molecular complexity index is 434. The van der Waals surface area contributed by atoms with Gasteiger partial charge in [-0.2, -0.15) is 0 Å². The summed E-state index contributed by atoms with van der Waals surface area (Å²) in [5, 5.41) is 9.92. The molecule has 0 spiro atoms. The maximum atomic E-state index is 8.76. The summed E-state index contributed by atoms with van der Waals surface area (Å²) in [5.74, 6) is 0. The summed E-state index contributed by atoms with van der Waals surface area (Å²) in [6.07, 6.45) is 3.67. The zero-order valence-electron chi connectivity index (χ0n) is 7.96. The molecule has 0 radical (unpaired) electrons. The van der Waals surface area contributed by atoms with Gasteiger partial charge in [0.2, 0.25) is 0 Å². The second-order valence-corrected chi connectivity index (χ2v) is 3.45. The largest absolute Gasteiger partial charge is 0.399 e. The first kappa shape index (κ1) is 9.09. The number of hydrogen-bond donors (Lipinski definition) is 3. The van der Waals surface area contributed by atoms with Crippen LogP contribution in [-0.2, 0) is 6.42 Å². The van der Waals surface area contributed by atoms with Gasteiger partial charge in [0.05, 0.1) is 0 Å². The average molecular weight is 190 g/mol. The average Bonchev–Trinajstić information content (AvgIpc) is 2.57. The van der Waals surface area contributed by atoms with Gasteiger partial charge in [0.1, 0.15) is 0 Å². The lowest BCUT2D eigenvalue weighted by Gasteiger charge is -1.98. The van der Waals surface area contributed by atoms with Gasteiger partial charge in [-0.3, -0.25) is 0 Å². The van der Waals surface area contributed by atoms with E-state index in [1.54, 1.807) is 0 Å². The molecular weight excluding hydrogens is 176 g/mol. The summed E-state index contributed by atoms with van der Waals surface area (Å²) in [5.41, 5.74) is 8.82. The van der Waals surface area contributed by atoms with Crippen LogP contribution in [-0.4, -0.2) is 16.7 Å². The second-order valence-electron chi connectivity index (χ2n) is 3.45. The molecule has 14 heavy (non-hydrogen) atoms. The summed E-state index contributed by atoms with van der Waals surface area (Å²) in [6, 6.07) is 5.83. The van der Waals surface area contributed by atoms with Gasteiger partial charge in [0.15, 0.2) is 0 Å². The van der Waals surface area contributed by atoms with Crippen molar-refractivity contribution >= 4 is 16.6 Å². The summed E-state index contributed by atoms with van der Waals surface area (Å²) in [7, 11) is 0. The smallest absolute Gasteiger partial charge is 0.0458 e. The second kappa shape index (κ2) is 3.72. The lowest BCUT2D eigenvalue weighted by atomic mass is 10.1. The number of benzene rings is 1. The molecule has 0 unspecified atom stereocenters. The first-order valence-corrected chi connectivity index (χ1v) is 4.77. The van der Waals surface area contributed by atoms with E-state index in [1.807, 2.05) is 24.4 Å². The third kappa shape index (κ3) is 1.59. The highest BCUT2D eigenvalue weighted by Gasteiger charge is 2.02. The molecule has 0 aliphatic carbocycles. The van der Waals surface area contributed by atoms with Crippen molar-refractivity contribution in [3.8, 4) is 0 Å².